The molecule has 1 fully saturated rings. The summed E-state index contributed by atoms with van der Waals surface area (Å²) in [5, 5.41) is 3.77. The van der Waals surface area contributed by atoms with Gasteiger partial charge in [0.1, 0.15) is 5.82 Å². The van der Waals surface area contributed by atoms with Crippen molar-refractivity contribution < 1.29 is 0 Å². The Labute approximate surface area is 121 Å². The molecular weight excluding hydrogens is 246 g/mol. The molecule has 0 aliphatic heterocycles. The minimum Gasteiger partial charge on any atom is -0.330 e. The van der Waals surface area contributed by atoms with Crippen LogP contribution < -0.4 is 5.32 Å². The van der Waals surface area contributed by atoms with Crippen LogP contribution in [0, 0.1) is 5.92 Å². The van der Waals surface area contributed by atoms with Crippen molar-refractivity contribution in [2.24, 2.45) is 13.0 Å². The van der Waals surface area contributed by atoms with E-state index in [4.69, 9.17) is 4.98 Å². The normalized spacial score (nSPS) is 18.4. The number of aromatic nitrogens is 2. The van der Waals surface area contributed by atoms with Gasteiger partial charge in [0, 0.05) is 13.1 Å². The van der Waals surface area contributed by atoms with Gasteiger partial charge in [-0.15, -0.1) is 0 Å². The van der Waals surface area contributed by atoms with E-state index in [-0.39, 0.29) is 0 Å². The third kappa shape index (κ3) is 2.73. The van der Waals surface area contributed by atoms with Crippen molar-refractivity contribution in [2.45, 2.75) is 51.6 Å². The molecule has 2 unspecified atom stereocenters. The Balaban J connectivity index is 1.76. The van der Waals surface area contributed by atoms with E-state index < -0.39 is 0 Å². The van der Waals surface area contributed by atoms with Gasteiger partial charge < -0.3 is 9.88 Å². The summed E-state index contributed by atoms with van der Waals surface area (Å²) in [6.45, 7) is 4.51. The van der Waals surface area contributed by atoms with Crippen molar-refractivity contribution in [1.82, 2.24) is 14.9 Å². The number of hydrogen-bond acceptors (Lipinski definition) is 2. The maximum absolute atomic E-state index is 4.79. The standard InChI is InChI=1S/C17H25N3/c1-4-14(11-13-9-10-13)18-12(2)17-19-15-7-5-6-8-16(15)20(17)3/h5-8,12-14,18H,4,9-11H2,1-3H3. The van der Waals surface area contributed by atoms with Gasteiger partial charge in [-0.2, -0.15) is 0 Å². The maximum atomic E-state index is 4.79. The number of nitrogens with zero attached hydrogens (tertiary/aromatic N) is 2. The van der Waals surface area contributed by atoms with Crippen LogP contribution in [0.3, 0.4) is 0 Å². The number of nitrogens with one attached hydrogen (secondary N) is 1. The molecular formula is C17H25N3. The molecule has 3 rings (SSSR count). The maximum Gasteiger partial charge on any atom is 0.126 e. The zero-order valence-electron chi connectivity index (χ0n) is 12.8. The SMILES string of the molecule is CCC(CC1CC1)NC(C)c1nc2ccccc2n1C. The second-order valence-electron chi connectivity index (χ2n) is 6.19. The van der Waals surface area contributed by atoms with Gasteiger partial charge in [-0.3, -0.25) is 0 Å². The lowest BCUT2D eigenvalue weighted by molar-refractivity contribution is 0.391. The van der Waals surface area contributed by atoms with Crippen molar-refractivity contribution in [3.63, 3.8) is 0 Å². The summed E-state index contributed by atoms with van der Waals surface area (Å²) < 4.78 is 2.22. The summed E-state index contributed by atoms with van der Waals surface area (Å²) in [5.41, 5.74) is 2.31. The van der Waals surface area contributed by atoms with Crippen LogP contribution in [0.4, 0.5) is 0 Å². The Morgan fingerprint density at radius 2 is 2.10 bits per heavy atom. The monoisotopic (exact) mass is 271 g/mol. The average Bonchev–Trinajstić information content (AvgIpc) is 3.21. The molecule has 1 aromatic carbocycles. The Morgan fingerprint density at radius 1 is 1.35 bits per heavy atom. The summed E-state index contributed by atoms with van der Waals surface area (Å²) in [6, 6.07) is 9.29. The molecule has 3 nitrogen and oxygen atoms in total. The second-order valence-corrected chi connectivity index (χ2v) is 6.19. The molecule has 0 saturated heterocycles. The predicted octanol–water partition coefficient (Wildman–Crippen LogP) is 3.80. The second kappa shape index (κ2) is 5.57. The first-order chi connectivity index (χ1) is 9.69. The van der Waals surface area contributed by atoms with Crippen molar-refractivity contribution >= 4 is 11.0 Å². The van der Waals surface area contributed by atoms with E-state index in [1.165, 1.54) is 31.2 Å². The lowest BCUT2D eigenvalue weighted by Crippen LogP contribution is -2.32. The summed E-state index contributed by atoms with van der Waals surface area (Å²) in [4.78, 5) is 4.79. The van der Waals surface area contributed by atoms with Crippen molar-refractivity contribution in [3.8, 4) is 0 Å². The molecule has 0 spiro atoms. The smallest absolute Gasteiger partial charge is 0.126 e. The van der Waals surface area contributed by atoms with Crippen LogP contribution in [0.15, 0.2) is 24.3 Å². The predicted molar refractivity (Wildman–Crippen MR) is 83.7 cm³/mol. The van der Waals surface area contributed by atoms with Gasteiger partial charge in [0.15, 0.2) is 0 Å². The molecule has 108 valence electrons. The van der Waals surface area contributed by atoms with Gasteiger partial charge in [-0.1, -0.05) is 31.9 Å². The molecule has 0 bridgehead atoms. The van der Waals surface area contributed by atoms with E-state index in [0.717, 1.165) is 17.3 Å². The number of rotatable bonds is 6. The zero-order valence-corrected chi connectivity index (χ0v) is 12.8. The Kier molecular flexibility index (Phi) is 3.79. The molecule has 1 aliphatic carbocycles. The van der Waals surface area contributed by atoms with E-state index in [0.29, 0.717) is 12.1 Å². The molecule has 0 radical (unpaired) electrons. The van der Waals surface area contributed by atoms with E-state index in [1.54, 1.807) is 0 Å². The largest absolute Gasteiger partial charge is 0.330 e. The van der Waals surface area contributed by atoms with Gasteiger partial charge in [0.2, 0.25) is 0 Å². The minimum absolute atomic E-state index is 0.302. The highest BCUT2D eigenvalue weighted by molar-refractivity contribution is 5.75. The lowest BCUT2D eigenvalue weighted by atomic mass is 10.1. The molecule has 1 saturated carbocycles. The Bertz CT molecular complexity index is 583. The molecule has 1 aromatic heterocycles. The highest BCUT2D eigenvalue weighted by atomic mass is 15.1. The zero-order chi connectivity index (χ0) is 14.1. The highest BCUT2D eigenvalue weighted by Gasteiger charge is 2.26. The summed E-state index contributed by atoms with van der Waals surface area (Å²) in [6.07, 6.45) is 5.38. The summed E-state index contributed by atoms with van der Waals surface area (Å²) >= 11 is 0. The van der Waals surface area contributed by atoms with Gasteiger partial charge >= 0.3 is 0 Å². The molecule has 2 atom stereocenters. The third-order valence-corrected chi connectivity index (χ3v) is 4.50. The van der Waals surface area contributed by atoms with Crippen LogP contribution >= 0.6 is 0 Å². The molecule has 0 amide bonds. The average molecular weight is 271 g/mol. The number of benzene rings is 1. The third-order valence-electron chi connectivity index (χ3n) is 4.50. The van der Waals surface area contributed by atoms with E-state index >= 15 is 0 Å². The van der Waals surface area contributed by atoms with E-state index in [2.05, 4.69) is 55.0 Å². The molecule has 2 aromatic rings. The van der Waals surface area contributed by atoms with Gasteiger partial charge in [0.25, 0.3) is 0 Å². The molecule has 1 aliphatic rings. The lowest BCUT2D eigenvalue weighted by Gasteiger charge is -2.22. The number of para-hydroxylation sites is 2. The minimum atomic E-state index is 0.302. The number of imidazole rings is 1. The van der Waals surface area contributed by atoms with Crippen molar-refractivity contribution in [2.75, 3.05) is 0 Å². The van der Waals surface area contributed by atoms with Crippen LogP contribution in [-0.2, 0) is 7.05 Å². The van der Waals surface area contributed by atoms with E-state index in [1.807, 2.05) is 0 Å². The number of fused-ring (bicyclic) bond motifs is 1. The molecule has 20 heavy (non-hydrogen) atoms. The van der Waals surface area contributed by atoms with Crippen LogP contribution in [0.25, 0.3) is 11.0 Å². The Morgan fingerprint density at radius 3 is 2.75 bits per heavy atom. The van der Waals surface area contributed by atoms with Gasteiger partial charge in [-0.05, 0) is 37.8 Å². The fourth-order valence-electron chi connectivity index (χ4n) is 3.09. The van der Waals surface area contributed by atoms with Crippen LogP contribution in [0.5, 0.6) is 0 Å². The van der Waals surface area contributed by atoms with Crippen molar-refractivity contribution in [3.05, 3.63) is 30.1 Å². The molecule has 1 N–H and O–H groups in total. The number of hydrogen-bond donors (Lipinski definition) is 1. The van der Waals surface area contributed by atoms with Crippen molar-refractivity contribution in [1.29, 1.82) is 0 Å². The van der Waals surface area contributed by atoms with Crippen LogP contribution in [-0.4, -0.2) is 15.6 Å². The fraction of sp³-hybridized carbons (Fsp3) is 0.588. The Hall–Kier alpha value is -1.35. The van der Waals surface area contributed by atoms with E-state index in [9.17, 15) is 0 Å². The first kappa shape index (κ1) is 13.6. The quantitative estimate of drug-likeness (QED) is 0.866. The molecule has 1 heterocycles. The van der Waals surface area contributed by atoms with Crippen LogP contribution in [0.1, 0.15) is 51.4 Å². The number of aryl methyl sites for hydroxylation is 1. The van der Waals surface area contributed by atoms with Crippen LogP contribution in [0.2, 0.25) is 0 Å². The topological polar surface area (TPSA) is 29.9 Å². The summed E-state index contributed by atoms with van der Waals surface area (Å²) in [5.74, 6) is 2.11. The highest BCUT2D eigenvalue weighted by Crippen LogP contribution is 2.34. The first-order valence-electron chi connectivity index (χ1n) is 7.86. The first-order valence-corrected chi connectivity index (χ1v) is 7.86. The fourth-order valence-corrected chi connectivity index (χ4v) is 3.09. The molecule has 3 heteroatoms. The summed E-state index contributed by atoms with van der Waals surface area (Å²) in [7, 11) is 2.12. The van der Waals surface area contributed by atoms with Gasteiger partial charge in [-0.25, -0.2) is 4.98 Å². The van der Waals surface area contributed by atoms with Gasteiger partial charge in [0.05, 0.1) is 17.1 Å².